The molecule has 3 heteroatoms. The van der Waals surface area contributed by atoms with E-state index < -0.39 is 0 Å². The maximum absolute atomic E-state index is 3.36. The summed E-state index contributed by atoms with van der Waals surface area (Å²) in [7, 11) is 0. The molecule has 2 unspecified atom stereocenters. The fraction of sp³-hybridized carbons (Fsp3) is 0.529. The first kappa shape index (κ1) is 25.4. The van der Waals surface area contributed by atoms with Crippen LogP contribution in [0.5, 0.6) is 0 Å². The summed E-state index contributed by atoms with van der Waals surface area (Å²) in [5.74, 6) is 1.11. The second-order valence-corrected chi connectivity index (χ2v) is 5.21. The molecule has 0 heterocycles. The van der Waals surface area contributed by atoms with Gasteiger partial charge in [0.05, 0.1) is 0 Å². The van der Waals surface area contributed by atoms with Crippen molar-refractivity contribution in [2.75, 3.05) is 0 Å². The zero-order valence-electron chi connectivity index (χ0n) is 13.5. The normalized spacial score (nSPS) is 23.2. The number of hydrogen-bond donors (Lipinski definition) is 0. The van der Waals surface area contributed by atoms with Crippen molar-refractivity contribution in [3.63, 3.8) is 0 Å². The summed E-state index contributed by atoms with van der Waals surface area (Å²) >= 11 is 0. The number of allylic oxidation sites excluding steroid dienone is 8. The van der Waals surface area contributed by atoms with Gasteiger partial charge in [0.25, 0.3) is 0 Å². The Morgan fingerprint density at radius 2 is 1.35 bits per heavy atom. The van der Waals surface area contributed by atoms with Gasteiger partial charge in [0, 0.05) is 0 Å². The Balaban J connectivity index is -0.000000252. The Morgan fingerprint density at radius 1 is 0.850 bits per heavy atom. The van der Waals surface area contributed by atoms with Crippen molar-refractivity contribution < 1.29 is 26.2 Å². The van der Waals surface area contributed by atoms with E-state index in [4.69, 9.17) is 0 Å². The van der Waals surface area contributed by atoms with Gasteiger partial charge in [0.1, 0.15) is 0 Å². The molecule has 0 saturated carbocycles. The van der Waals surface area contributed by atoms with Crippen LogP contribution in [-0.2, 0) is 26.2 Å². The maximum atomic E-state index is 3.36. The molecular weight excluding hydrogens is 366 g/mol. The topological polar surface area (TPSA) is 0 Å². The zero-order chi connectivity index (χ0) is 13.2. The average molecular weight is 393 g/mol. The van der Waals surface area contributed by atoms with Gasteiger partial charge in [-0.3, -0.25) is 12.2 Å². The summed E-state index contributed by atoms with van der Waals surface area (Å²) in [6, 6.07) is 0. The van der Waals surface area contributed by atoms with Gasteiger partial charge in [0.2, 0.25) is 0 Å². The van der Waals surface area contributed by atoms with Crippen LogP contribution in [0.25, 0.3) is 0 Å². The van der Waals surface area contributed by atoms with Crippen molar-refractivity contribution in [3.05, 3.63) is 46.1 Å². The summed E-state index contributed by atoms with van der Waals surface area (Å²) in [4.78, 5) is 0. The molecule has 2 aliphatic rings. The van der Waals surface area contributed by atoms with Crippen LogP contribution in [0, 0.1) is 24.0 Å². The molecule has 20 heavy (non-hydrogen) atoms. The standard InChI is InChI=1S/C9H13.C8H11.2ClH.Zr/c1-6-5-7(2)9(4)8(6)3;1-6-4-7(2)8(3)5-6;;;/h6H,1-4H3;4,6H,1-3H3;2*1H;/q2*-1;;;+2. The third-order valence-electron chi connectivity index (χ3n) is 3.77. The van der Waals surface area contributed by atoms with Gasteiger partial charge in [-0.25, -0.2) is 16.7 Å². The van der Waals surface area contributed by atoms with Crippen molar-refractivity contribution in [1.29, 1.82) is 0 Å². The van der Waals surface area contributed by atoms with Gasteiger partial charge in [0.15, 0.2) is 0 Å². The van der Waals surface area contributed by atoms with Crippen LogP contribution in [0.2, 0.25) is 0 Å². The van der Waals surface area contributed by atoms with Crippen LogP contribution in [0.4, 0.5) is 0 Å². The van der Waals surface area contributed by atoms with E-state index in [1.807, 2.05) is 0 Å². The quantitative estimate of drug-likeness (QED) is 0.451. The molecule has 0 aliphatic heterocycles. The summed E-state index contributed by atoms with van der Waals surface area (Å²) < 4.78 is 0. The van der Waals surface area contributed by atoms with Crippen molar-refractivity contribution in [1.82, 2.24) is 0 Å². The minimum Gasteiger partial charge on any atom is -0.266 e. The molecule has 112 valence electrons. The van der Waals surface area contributed by atoms with Crippen LogP contribution in [0.15, 0.2) is 33.9 Å². The molecule has 2 atom stereocenters. The summed E-state index contributed by atoms with van der Waals surface area (Å²) in [5.41, 5.74) is 6.95. The third-order valence-corrected chi connectivity index (χ3v) is 3.77. The van der Waals surface area contributed by atoms with Gasteiger partial charge in [-0.2, -0.15) is 17.2 Å². The first-order chi connectivity index (χ1) is 7.82. The number of rotatable bonds is 0. The molecule has 0 bridgehead atoms. The molecule has 2 aliphatic carbocycles. The number of hydrogen-bond acceptors (Lipinski definition) is 0. The predicted octanol–water partition coefficient (Wildman–Crippen LogP) is 5.89. The molecule has 0 aromatic heterocycles. The Morgan fingerprint density at radius 3 is 1.45 bits per heavy atom. The third kappa shape index (κ3) is 6.92. The fourth-order valence-corrected chi connectivity index (χ4v) is 2.16. The van der Waals surface area contributed by atoms with Gasteiger partial charge >= 0.3 is 26.2 Å². The monoisotopic (exact) mass is 390 g/mol. The molecule has 0 saturated heterocycles. The van der Waals surface area contributed by atoms with E-state index in [0.717, 1.165) is 0 Å². The molecule has 0 amide bonds. The van der Waals surface area contributed by atoms with E-state index in [1.165, 1.54) is 27.9 Å². The van der Waals surface area contributed by atoms with Crippen molar-refractivity contribution in [3.8, 4) is 0 Å². The van der Waals surface area contributed by atoms with E-state index in [-0.39, 0.29) is 51.0 Å². The van der Waals surface area contributed by atoms with Crippen molar-refractivity contribution >= 4 is 24.8 Å². The molecule has 0 aromatic carbocycles. The molecule has 2 rings (SSSR count). The van der Waals surface area contributed by atoms with Gasteiger partial charge in [-0.15, -0.1) is 38.7 Å². The van der Waals surface area contributed by atoms with Crippen molar-refractivity contribution in [2.45, 2.75) is 48.5 Å². The smallest absolute Gasteiger partial charge is 0.266 e. The van der Waals surface area contributed by atoms with E-state index in [9.17, 15) is 0 Å². The Labute approximate surface area is 156 Å². The van der Waals surface area contributed by atoms with Gasteiger partial charge < -0.3 is 0 Å². The molecule has 0 fully saturated rings. The largest absolute Gasteiger partial charge is 2.00 e. The summed E-state index contributed by atoms with van der Waals surface area (Å²) in [6.45, 7) is 15.1. The molecule has 0 aromatic rings. The number of halogens is 2. The SMILES string of the molecule is CC1=[C-]C(C)C(C)=C1C.CC1=[C-]C(C)C=C1C.Cl.Cl.[Zr+2]. The maximum Gasteiger partial charge on any atom is 2.00 e. The minimum atomic E-state index is 0. The second-order valence-electron chi connectivity index (χ2n) is 5.21. The molecule has 0 radical (unpaired) electrons. The summed E-state index contributed by atoms with van der Waals surface area (Å²) in [6.07, 6.45) is 8.88. The van der Waals surface area contributed by atoms with Crippen LogP contribution >= 0.6 is 24.8 Å². The molecule has 0 spiro atoms. The summed E-state index contributed by atoms with van der Waals surface area (Å²) in [5, 5.41) is 0. The Kier molecular flexibility index (Phi) is 14.0. The van der Waals surface area contributed by atoms with Crippen LogP contribution in [0.1, 0.15) is 48.5 Å². The van der Waals surface area contributed by atoms with Crippen LogP contribution in [0.3, 0.4) is 0 Å². The van der Waals surface area contributed by atoms with Crippen LogP contribution in [-0.4, -0.2) is 0 Å². The van der Waals surface area contributed by atoms with E-state index in [2.05, 4.69) is 66.7 Å². The first-order valence-corrected chi connectivity index (χ1v) is 6.39. The van der Waals surface area contributed by atoms with E-state index >= 15 is 0 Å². The van der Waals surface area contributed by atoms with Gasteiger partial charge in [-0.1, -0.05) is 46.5 Å². The minimum absolute atomic E-state index is 0. The predicted molar refractivity (Wildman–Crippen MR) is 89.8 cm³/mol. The molecule has 0 N–H and O–H groups in total. The average Bonchev–Trinajstić information content (AvgIpc) is 2.64. The Bertz CT molecular complexity index is 410. The van der Waals surface area contributed by atoms with E-state index in [1.54, 1.807) is 0 Å². The van der Waals surface area contributed by atoms with Crippen molar-refractivity contribution in [2.24, 2.45) is 11.8 Å². The molecule has 0 nitrogen and oxygen atoms in total. The Hall–Kier alpha value is 0.423. The first-order valence-electron chi connectivity index (χ1n) is 6.39. The fourth-order valence-electron chi connectivity index (χ4n) is 2.16. The zero-order valence-corrected chi connectivity index (χ0v) is 17.6. The van der Waals surface area contributed by atoms with E-state index in [0.29, 0.717) is 11.8 Å². The van der Waals surface area contributed by atoms with Crippen LogP contribution < -0.4 is 0 Å². The second kappa shape index (κ2) is 11.1. The van der Waals surface area contributed by atoms with Gasteiger partial charge in [-0.05, 0) is 0 Å². The molecular formula is C17H26Cl2Zr.